The van der Waals surface area contributed by atoms with E-state index in [4.69, 9.17) is 171 Å². The Hall–Kier alpha value is -12.7. The van der Waals surface area contributed by atoms with E-state index in [1.807, 2.05) is 0 Å². The highest BCUT2D eigenvalue weighted by molar-refractivity contribution is 5.74. The topological polar surface area (TPSA) is 725 Å². The van der Waals surface area contributed by atoms with Crippen molar-refractivity contribution < 1.29 is 281 Å². The van der Waals surface area contributed by atoms with Gasteiger partial charge in [0.15, 0.2) is 129 Å². The van der Waals surface area contributed by atoms with Gasteiger partial charge in [-0.15, -0.1) is 0 Å². The largest absolute Gasteiger partial charge is 0.463 e. The van der Waals surface area contributed by atoms with Gasteiger partial charge >= 0.3 is 137 Å². The Morgan fingerprint density at radius 3 is 0.422 bits per heavy atom. The van der Waals surface area contributed by atoms with Crippen LogP contribution in [0.1, 0.15) is 159 Å². The van der Waals surface area contributed by atoms with Crippen LogP contribution in [0.15, 0.2) is 0 Å². The van der Waals surface area contributed by atoms with E-state index in [0.29, 0.717) is 0 Å². The van der Waals surface area contributed by atoms with Crippen molar-refractivity contribution in [3.8, 4) is 0 Å². The number of hydrogen-bond acceptors (Lipinski definition) is 59. The van der Waals surface area contributed by atoms with Crippen LogP contribution in [-0.2, 0) is 281 Å². The van der Waals surface area contributed by atoms with Crippen LogP contribution < -0.4 is 0 Å². The van der Waals surface area contributed by atoms with Gasteiger partial charge in [-0.2, -0.15) is 0 Å². The van der Waals surface area contributed by atoms with Crippen molar-refractivity contribution in [1.29, 1.82) is 0 Å². The van der Waals surface area contributed by atoms with Gasteiger partial charge < -0.3 is 171 Å². The lowest BCUT2D eigenvalue weighted by Gasteiger charge is -2.51. The molecule has 0 aromatic rings. The summed E-state index contributed by atoms with van der Waals surface area (Å²) in [4.78, 5) is 307. The molecule has 0 saturated carbocycles. The Bertz CT molecular complexity index is 4720. The molecule has 14 unspecified atom stereocenters. The molecule has 824 valence electrons. The number of rotatable bonds is 42. The molecule has 59 nitrogen and oxygen atoms in total. The zero-order chi connectivity index (χ0) is 110. The smallest absolute Gasteiger partial charge is 0.305 e. The highest BCUT2D eigenvalue weighted by atomic mass is 16.8. The SMILES string of the molecule is CC(=O)OCC1O[C@H](O[C@@H]2C(COC(C)=O)O[C@H](O[C@@H]3C(CO[C@H]4OC(COC(C)=O)[C@@H](O[C@H]5OC(COC(C)=O)[C@@H](O[C@H]6OC(COC(C)=O)[C@@H](OC(C)=O)[C@H](OC(C)=O)C6OC(C)=O)[C@H](OC(C)=O)C5OC(C)=O)[C@@H](OC(C)=O)C4OC(C)=O)O[C@H](O[C@@H]4C(COC(C)=O)O[C@H](OC(C)=O)C(OC(C)=O)[C@@H]4OC(C)=O)C(OC(C)=O)[C@@H]3OC(C)=O)C(OC(C)=O)[C@H]2OC(C)=O)C(OC(C)=O)[C@@H](OC(C)=O)[C@@H]1OC(C)=O. The van der Waals surface area contributed by atoms with Gasteiger partial charge in [0.1, 0.15) is 113 Å². The molecule has 59 heteroatoms. The first-order valence-corrected chi connectivity index (χ1v) is 45.0. The Labute approximate surface area is 835 Å². The fourth-order valence-electron chi connectivity index (χ4n) is 16.2. The molecule has 35 atom stereocenters. The molecule has 0 aliphatic carbocycles. The first-order valence-electron chi connectivity index (χ1n) is 45.0. The number of esters is 23. The maximum Gasteiger partial charge on any atom is 0.305 e. The third kappa shape index (κ3) is 36.7. The summed E-state index contributed by atoms with van der Waals surface area (Å²) in [5, 5.41) is 0. The minimum absolute atomic E-state index is 0.747. The van der Waals surface area contributed by atoms with Gasteiger partial charge in [-0.05, 0) is 0 Å². The Morgan fingerprint density at radius 1 is 0.129 bits per heavy atom. The minimum atomic E-state index is -2.59. The van der Waals surface area contributed by atoms with Crippen molar-refractivity contribution in [3.63, 3.8) is 0 Å². The summed E-state index contributed by atoms with van der Waals surface area (Å²) in [7, 11) is 0. The van der Waals surface area contributed by atoms with Gasteiger partial charge in [0.2, 0.25) is 12.4 Å². The van der Waals surface area contributed by atoms with Crippen LogP contribution in [0.2, 0.25) is 0 Å². The second-order valence-corrected chi connectivity index (χ2v) is 33.2. The van der Waals surface area contributed by atoms with E-state index < -0.39 is 398 Å². The molecule has 0 radical (unpaired) electrons. The molecule has 0 aromatic heterocycles. The molecule has 7 rings (SSSR count). The van der Waals surface area contributed by atoms with E-state index in [0.717, 1.165) is 159 Å². The number of carbonyl (C=O) groups is 23. The van der Waals surface area contributed by atoms with Crippen LogP contribution in [0.5, 0.6) is 0 Å². The monoisotopic (exact) mass is 2120 g/mol. The zero-order valence-corrected chi connectivity index (χ0v) is 83.7. The Morgan fingerprint density at radius 2 is 0.252 bits per heavy atom. The lowest BCUT2D eigenvalue weighted by molar-refractivity contribution is -0.394. The molecule has 0 aromatic carbocycles. The molecule has 7 heterocycles. The first kappa shape index (κ1) is 121. The summed E-state index contributed by atoms with van der Waals surface area (Å²) in [6, 6.07) is 0. The van der Waals surface area contributed by atoms with Crippen molar-refractivity contribution in [1.82, 2.24) is 0 Å². The zero-order valence-electron chi connectivity index (χ0n) is 83.7. The van der Waals surface area contributed by atoms with Crippen molar-refractivity contribution in [2.75, 3.05) is 46.2 Å². The number of ether oxygens (including phenoxy) is 36. The van der Waals surface area contributed by atoms with Crippen molar-refractivity contribution >= 4 is 137 Å². The van der Waals surface area contributed by atoms with E-state index in [2.05, 4.69) is 0 Å². The first-order chi connectivity index (χ1) is 68.8. The molecule has 0 bridgehead atoms. The van der Waals surface area contributed by atoms with E-state index in [-0.39, 0.29) is 0 Å². The normalized spacial score (nSPS) is 32.8. The fourth-order valence-corrected chi connectivity index (χ4v) is 16.2. The third-order valence-corrected chi connectivity index (χ3v) is 20.8. The molecule has 0 spiro atoms. The van der Waals surface area contributed by atoms with Crippen LogP contribution in [0.3, 0.4) is 0 Å². The molecule has 7 aliphatic heterocycles. The second kappa shape index (κ2) is 55.9. The molecule has 147 heavy (non-hydrogen) atoms. The van der Waals surface area contributed by atoms with Gasteiger partial charge in [-0.1, -0.05) is 0 Å². The fraction of sp³-hybridized carbons (Fsp3) is 0.739. The third-order valence-electron chi connectivity index (χ3n) is 20.8. The summed E-state index contributed by atoms with van der Waals surface area (Å²) in [5.41, 5.74) is 0. The quantitative estimate of drug-likeness (QED) is 0.0430. The molecule has 0 amide bonds. The molecular weight excluding hydrogens is 2000 g/mol. The van der Waals surface area contributed by atoms with Crippen molar-refractivity contribution in [2.24, 2.45) is 0 Å². The molecule has 7 fully saturated rings. The Kier molecular flexibility index (Phi) is 46.1. The summed E-state index contributed by atoms with van der Waals surface area (Å²) >= 11 is 0. The van der Waals surface area contributed by atoms with E-state index in [9.17, 15) is 110 Å². The molecule has 7 saturated heterocycles. The summed E-state index contributed by atoms with van der Waals surface area (Å²) in [6.07, 6.45) is -78.1. The Balaban J connectivity index is 1.52. The standard InChI is InChI=1S/C88H118O59/c1-31(89)112-24-54-61(119-37(7)95)68(121-39(9)97)77(130-48(18)106)84(138-54)145-65-58(28-116-35(5)93)140-86(79(132-50(20)108)72(65)125-43(13)101)143-63-56(26-114-33(3)91)136-82(75(128-46(16)104)70(63)123-41(11)99)118-30-60-67(74(127-45(15)103)81(134-52(22)110)88(142-60)144-64-57(27-115-34(4)92)137-83(135-53(23)111)76(129-47(17)105)71(64)124-42(12)100)147-87-80(133-51(21)109)73(126-44(14)102)66(59(141-87)29-117-36(6)94)146-85-78(131-49(19)107)69(122-40(10)98)62(120-38(8)96)55(139-85)25-113-32(2)90/h54-88H,24-30H2,1-23H3/t54?,55?,56?,57?,58?,59?,60?,61-,62-,63-,64-,65-,66-,67-,68+,69+,70-,71-,72+,73+,74-,75?,76?,77?,78?,79?,80?,81?,82+,83+,84-,85-,86-,87-,88-/m1/s1. The van der Waals surface area contributed by atoms with E-state index in [1.165, 1.54) is 0 Å². The van der Waals surface area contributed by atoms with Gasteiger partial charge in [0.25, 0.3) is 0 Å². The predicted octanol–water partition coefficient (Wildman–Crippen LogP) is -3.15. The number of hydrogen-bond donors (Lipinski definition) is 0. The highest BCUT2D eigenvalue weighted by Crippen LogP contribution is 2.44. The van der Waals surface area contributed by atoms with Crippen molar-refractivity contribution in [2.45, 2.75) is 374 Å². The van der Waals surface area contributed by atoms with Gasteiger partial charge in [-0.25, -0.2) is 0 Å². The summed E-state index contributed by atoms with van der Waals surface area (Å²) in [5.74, 6) is -27.4. The number of carbonyl (C=O) groups excluding carboxylic acids is 23. The van der Waals surface area contributed by atoms with Gasteiger partial charge in [-0.3, -0.25) is 110 Å². The molecule has 0 N–H and O–H groups in total. The van der Waals surface area contributed by atoms with Crippen LogP contribution >= 0.6 is 0 Å². The maximum atomic E-state index is 14.3. The lowest BCUT2D eigenvalue weighted by atomic mass is 9.94. The molecular formula is C88H118O59. The van der Waals surface area contributed by atoms with Gasteiger partial charge in [0.05, 0.1) is 6.61 Å². The predicted molar refractivity (Wildman–Crippen MR) is 451 cm³/mol. The van der Waals surface area contributed by atoms with E-state index >= 15 is 0 Å². The van der Waals surface area contributed by atoms with Crippen LogP contribution in [0, 0.1) is 0 Å². The second-order valence-electron chi connectivity index (χ2n) is 33.2. The van der Waals surface area contributed by atoms with Crippen molar-refractivity contribution in [3.05, 3.63) is 0 Å². The lowest BCUT2D eigenvalue weighted by Crippen LogP contribution is -2.70. The summed E-state index contributed by atoms with van der Waals surface area (Å²) < 4.78 is 215. The van der Waals surface area contributed by atoms with Crippen LogP contribution in [-0.4, -0.2) is 398 Å². The van der Waals surface area contributed by atoms with Gasteiger partial charge in [0, 0.05) is 159 Å². The highest BCUT2D eigenvalue weighted by Gasteiger charge is 2.66. The average molecular weight is 2120 g/mol. The molecule has 7 aliphatic rings. The van der Waals surface area contributed by atoms with E-state index in [1.54, 1.807) is 0 Å². The van der Waals surface area contributed by atoms with Crippen LogP contribution in [0.25, 0.3) is 0 Å². The summed E-state index contributed by atoms with van der Waals surface area (Å²) in [6.45, 7) is 11.9. The van der Waals surface area contributed by atoms with Crippen LogP contribution in [0.4, 0.5) is 0 Å². The maximum absolute atomic E-state index is 14.3. The minimum Gasteiger partial charge on any atom is -0.463 e. The average Bonchev–Trinajstić information content (AvgIpc) is 0.754.